The highest BCUT2D eigenvalue weighted by Crippen LogP contribution is 2.25. The van der Waals surface area contributed by atoms with Crippen molar-refractivity contribution in [1.29, 1.82) is 0 Å². The molecule has 0 saturated carbocycles. The molecule has 1 fully saturated rings. The fraction of sp³-hybridized carbons (Fsp3) is 0.786. The number of hydrogen-bond acceptors (Lipinski definition) is 3. The first-order chi connectivity index (χ1) is 9.15. The molecule has 0 spiro atoms. The standard InChI is InChI=1S/C14H24ClNO3/c15-12-8-10-16(9-5-11-17)13(12)6-3-1-2-4-7-14(18)19/h1,3,12-13,17H,2,4-11H2,(H,18,19)/b3-1-/t12-,13+/m1/s1. The Bertz CT molecular complexity index is 296. The molecule has 0 radical (unpaired) electrons. The molecular weight excluding hydrogens is 266 g/mol. The molecule has 0 bridgehead atoms. The van der Waals surface area contributed by atoms with Crippen LogP contribution in [-0.4, -0.2) is 52.2 Å². The Morgan fingerprint density at radius 3 is 2.84 bits per heavy atom. The lowest BCUT2D eigenvalue weighted by molar-refractivity contribution is -0.137. The van der Waals surface area contributed by atoms with E-state index in [0.29, 0.717) is 12.5 Å². The fourth-order valence-corrected chi connectivity index (χ4v) is 2.81. The highest BCUT2D eigenvalue weighted by molar-refractivity contribution is 6.21. The number of hydrogen-bond donors (Lipinski definition) is 2. The van der Waals surface area contributed by atoms with Gasteiger partial charge in [-0.2, -0.15) is 0 Å². The number of carboxylic acid groups (broad SMARTS) is 1. The average Bonchev–Trinajstić information content (AvgIpc) is 2.72. The Kier molecular flexibility index (Phi) is 8.10. The van der Waals surface area contributed by atoms with E-state index in [0.717, 1.165) is 38.8 Å². The zero-order valence-electron chi connectivity index (χ0n) is 11.3. The number of likely N-dealkylation sites (tertiary alicyclic amines) is 1. The molecule has 1 rings (SSSR count). The summed E-state index contributed by atoms with van der Waals surface area (Å²) in [5.74, 6) is -0.736. The van der Waals surface area contributed by atoms with Crippen LogP contribution in [0.5, 0.6) is 0 Å². The van der Waals surface area contributed by atoms with Gasteiger partial charge in [0.1, 0.15) is 0 Å². The molecule has 0 aromatic carbocycles. The number of aliphatic hydroxyl groups is 1. The summed E-state index contributed by atoms with van der Waals surface area (Å²) in [6.45, 7) is 2.13. The summed E-state index contributed by atoms with van der Waals surface area (Å²) < 4.78 is 0. The van der Waals surface area contributed by atoms with Crippen LogP contribution in [0.15, 0.2) is 12.2 Å². The highest BCUT2D eigenvalue weighted by Gasteiger charge is 2.30. The van der Waals surface area contributed by atoms with Crippen molar-refractivity contribution in [2.45, 2.75) is 49.9 Å². The molecule has 0 aromatic heterocycles. The van der Waals surface area contributed by atoms with E-state index in [9.17, 15) is 4.79 Å². The van der Waals surface area contributed by atoms with Gasteiger partial charge in [-0.15, -0.1) is 11.6 Å². The van der Waals surface area contributed by atoms with Crippen molar-refractivity contribution >= 4 is 17.6 Å². The molecule has 4 nitrogen and oxygen atoms in total. The summed E-state index contributed by atoms with van der Waals surface area (Å²) in [6, 6.07) is 0.351. The van der Waals surface area contributed by atoms with E-state index < -0.39 is 5.97 Å². The topological polar surface area (TPSA) is 60.8 Å². The molecular formula is C14H24ClNO3. The normalized spacial score (nSPS) is 24.3. The Balaban J connectivity index is 2.24. The molecule has 19 heavy (non-hydrogen) atoms. The van der Waals surface area contributed by atoms with Gasteiger partial charge in [0.05, 0.1) is 5.38 Å². The molecule has 110 valence electrons. The summed E-state index contributed by atoms with van der Waals surface area (Å²) >= 11 is 6.32. The molecule has 1 aliphatic heterocycles. The minimum absolute atomic E-state index is 0.183. The van der Waals surface area contributed by atoms with Gasteiger partial charge in [0.15, 0.2) is 0 Å². The first kappa shape index (κ1) is 16.5. The van der Waals surface area contributed by atoms with E-state index in [1.54, 1.807) is 0 Å². The van der Waals surface area contributed by atoms with Crippen molar-refractivity contribution in [1.82, 2.24) is 4.90 Å². The van der Waals surface area contributed by atoms with Crippen LogP contribution in [0.3, 0.4) is 0 Å². The summed E-state index contributed by atoms with van der Waals surface area (Å²) in [6.07, 6.45) is 8.60. The van der Waals surface area contributed by atoms with Crippen LogP contribution in [0.1, 0.15) is 38.5 Å². The number of carbonyl (C=O) groups is 1. The molecule has 2 atom stereocenters. The Morgan fingerprint density at radius 2 is 2.16 bits per heavy atom. The smallest absolute Gasteiger partial charge is 0.303 e. The van der Waals surface area contributed by atoms with Gasteiger partial charge in [-0.3, -0.25) is 9.69 Å². The summed E-state index contributed by atoms with van der Waals surface area (Å²) in [5, 5.41) is 17.6. The van der Waals surface area contributed by atoms with Crippen LogP contribution in [0.25, 0.3) is 0 Å². The number of alkyl halides is 1. The lowest BCUT2D eigenvalue weighted by atomic mass is 10.1. The quantitative estimate of drug-likeness (QED) is 0.388. The first-order valence-corrected chi connectivity index (χ1v) is 7.44. The van der Waals surface area contributed by atoms with Crippen LogP contribution < -0.4 is 0 Å². The second-order valence-corrected chi connectivity index (χ2v) is 5.54. The Hall–Kier alpha value is -0.580. The summed E-state index contributed by atoms with van der Waals surface area (Å²) in [7, 11) is 0. The average molecular weight is 290 g/mol. The molecule has 1 heterocycles. The number of allylic oxidation sites excluding steroid dienone is 1. The van der Waals surface area contributed by atoms with Crippen molar-refractivity contribution in [3.63, 3.8) is 0 Å². The number of nitrogens with zero attached hydrogens (tertiary/aromatic N) is 1. The number of rotatable bonds is 9. The minimum Gasteiger partial charge on any atom is -0.481 e. The molecule has 2 N–H and O–H groups in total. The first-order valence-electron chi connectivity index (χ1n) is 7.01. The minimum atomic E-state index is -0.736. The predicted molar refractivity (Wildman–Crippen MR) is 76.6 cm³/mol. The zero-order valence-corrected chi connectivity index (χ0v) is 12.1. The predicted octanol–water partition coefficient (Wildman–Crippen LogP) is 2.25. The van der Waals surface area contributed by atoms with E-state index in [4.69, 9.17) is 21.8 Å². The highest BCUT2D eigenvalue weighted by atomic mass is 35.5. The molecule has 5 heteroatoms. The van der Waals surface area contributed by atoms with Gasteiger partial charge in [0, 0.05) is 25.6 Å². The molecule has 1 aliphatic rings. The number of halogens is 1. The molecule has 0 amide bonds. The van der Waals surface area contributed by atoms with Gasteiger partial charge in [0.2, 0.25) is 0 Å². The zero-order chi connectivity index (χ0) is 14.1. The van der Waals surface area contributed by atoms with E-state index >= 15 is 0 Å². The van der Waals surface area contributed by atoms with E-state index in [1.807, 2.05) is 0 Å². The van der Waals surface area contributed by atoms with Crippen molar-refractivity contribution in [3.05, 3.63) is 12.2 Å². The third kappa shape index (κ3) is 6.41. The second-order valence-electron chi connectivity index (χ2n) is 4.98. The van der Waals surface area contributed by atoms with Gasteiger partial charge in [-0.25, -0.2) is 0 Å². The third-order valence-corrected chi connectivity index (χ3v) is 4.00. The van der Waals surface area contributed by atoms with Crippen LogP contribution in [0.4, 0.5) is 0 Å². The lowest BCUT2D eigenvalue weighted by Gasteiger charge is -2.24. The number of aliphatic hydroxyl groups excluding tert-OH is 1. The Morgan fingerprint density at radius 1 is 1.37 bits per heavy atom. The summed E-state index contributed by atoms with van der Waals surface area (Å²) in [4.78, 5) is 12.7. The largest absolute Gasteiger partial charge is 0.481 e. The monoisotopic (exact) mass is 289 g/mol. The number of aliphatic carboxylic acids is 1. The van der Waals surface area contributed by atoms with Crippen molar-refractivity contribution in [3.8, 4) is 0 Å². The molecule has 1 saturated heterocycles. The maximum absolute atomic E-state index is 10.4. The van der Waals surface area contributed by atoms with Gasteiger partial charge in [-0.1, -0.05) is 12.2 Å². The summed E-state index contributed by atoms with van der Waals surface area (Å²) in [5.41, 5.74) is 0. The van der Waals surface area contributed by atoms with Gasteiger partial charge >= 0.3 is 5.97 Å². The molecule has 0 unspecified atom stereocenters. The van der Waals surface area contributed by atoms with Gasteiger partial charge in [0.25, 0.3) is 0 Å². The van der Waals surface area contributed by atoms with Gasteiger partial charge < -0.3 is 10.2 Å². The second kappa shape index (κ2) is 9.34. The van der Waals surface area contributed by atoms with Crippen molar-refractivity contribution < 1.29 is 15.0 Å². The maximum atomic E-state index is 10.4. The fourth-order valence-electron chi connectivity index (χ4n) is 2.45. The third-order valence-electron chi connectivity index (χ3n) is 3.49. The van der Waals surface area contributed by atoms with E-state index in [2.05, 4.69) is 17.1 Å². The SMILES string of the molecule is O=C(O)CCC/C=C\C[C@H]1[C@H](Cl)CCN1CCCO. The van der Waals surface area contributed by atoms with E-state index in [1.165, 1.54) is 0 Å². The number of carboxylic acids is 1. The molecule has 0 aliphatic carbocycles. The van der Waals surface area contributed by atoms with Crippen LogP contribution >= 0.6 is 11.6 Å². The van der Waals surface area contributed by atoms with Crippen LogP contribution in [0.2, 0.25) is 0 Å². The van der Waals surface area contributed by atoms with Crippen LogP contribution in [-0.2, 0) is 4.79 Å². The number of unbranched alkanes of at least 4 members (excludes halogenated alkanes) is 1. The van der Waals surface area contributed by atoms with Gasteiger partial charge in [-0.05, 0) is 38.6 Å². The van der Waals surface area contributed by atoms with Crippen molar-refractivity contribution in [2.75, 3.05) is 19.7 Å². The van der Waals surface area contributed by atoms with Crippen molar-refractivity contribution in [2.24, 2.45) is 0 Å². The maximum Gasteiger partial charge on any atom is 0.303 e. The lowest BCUT2D eigenvalue weighted by Crippen LogP contribution is -2.34. The molecule has 0 aromatic rings. The van der Waals surface area contributed by atoms with E-state index in [-0.39, 0.29) is 18.4 Å². The Labute approximate surface area is 120 Å². The van der Waals surface area contributed by atoms with Crippen LogP contribution in [0, 0.1) is 0 Å².